The topological polar surface area (TPSA) is 43.4 Å². The Morgan fingerprint density at radius 3 is 2.76 bits per heavy atom. The molecule has 0 N–H and O–H groups in total. The molecular formula is C12H12BrClO3. The molecule has 0 aromatic heterocycles. The number of ketones is 1. The minimum atomic E-state index is -0.809. The Balaban J connectivity index is 2.63. The Hall–Kier alpha value is -0.870. The van der Waals surface area contributed by atoms with Gasteiger partial charge in [0, 0.05) is 5.02 Å². The van der Waals surface area contributed by atoms with Crippen LogP contribution in [0, 0.1) is 0 Å². The average molecular weight is 320 g/mol. The van der Waals surface area contributed by atoms with Gasteiger partial charge in [0.2, 0.25) is 0 Å². The van der Waals surface area contributed by atoms with Crippen molar-refractivity contribution in [2.24, 2.45) is 0 Å². The molecule has 1 aromatic rings. The third kappa shape index (κ3) is 4.48. The van der Waals surface area contributed by atoms with Crippen molar-refractivity contribution in [3.63, 3.8) is 0 Å². The van der Waals surface area contributed by atoms with Crippen LogP contribution in [-0.2, 0) is 20.7 Å². The van der Waals surface area contributed by atoms with E-state index in [4.69, 9.17) is 11.6 Å². The zero-order valence-corrected chi connectivity index (χ0v) is 11.6. The minimum Gasteiger partial charge on any atom is -0.460 e. The van der Waals surface area contributed by atoms with Gasteiger partial charge in [0.15, 0.2) is 0 Å². The second-order valence-corrected chi connectivity index (χ2v) is 4.93. The maximum atomic E-state index is 11.6. The van der Waals surface area contributed by atoms with Gasteiger partial charge >= 0.3 is 5.97 Å². The van der Waals surface area contributed by atoms with Crippen LogP contribution in [0.5, 0.6) is 0 Å². The van der Waals surface area contributed by atoms with Crippen molar-refractivity contribution < 1.29 is 14.3 Å². The molecule has 0 saturated carbocycles. The number of carbonyl (C=O) groups excluding carboxylic acids is 2. The first kappa shape index (κ1) is 14.2. The summed E-state index contributed by atoms with van der Waals surface area (Å²) in [6.07, 6.45) is 0.401. The molecule has 0 radical (unpaired) electrons. The van der Waals surface area contributed by atoms with Gasteiger partial charge in [-0.2, -0.15) is 0 Å². The molecule has 0 fully saturated rings. The summed E-state index contributed by atoms with van der Waals surface area (Å²) < 4.78 is 4.64. The van der Waals surface area contributed by atoms with Crippen LogP contribution >= 0.6 is 27.5 Å². The van der Waals surface area contributed by atoms with Crippen LogP contribution in [-0.4, -0.2) is 23.2 Å². The van der Waals surface area contributed by atoms with Crippen LogP contribution < -0.4 is 0 Å². The summed E-state index contributed by atoms with van der Waals surface area (Å²) >= 11 is 9.01. The second-order valence-electron chi connectivity index (χ2n) is 3.39. The van der Waals surface area contributed by atoms with Gasteiger partial charge in [0.25, 0.3) is 5.78 Å². The Bertz CT molecular complexity index is 420. The summed E-state index contributed by atoms with van der Waals surface area (Å²) in [6.45, 7) is 1.85. The van der Waals surface area contributed by atoms with Crippen LogP contribution in [0.25, 0.3) is 0 Å². The van der Waals surface area contributed by atoms with E-state index in [1.165, 1.54) is 0 Å². The predicted molar refractivity (Wildman–Crippen MR) is 69.5 cm³/mol. The molecule has 92 valence electrons. The van der Waals surface area contributed by atoms with Crippen molar-refractivity contribution in [1.29, 1.82) is 0 Å². The zero-order valence-electron chi connectivity index (χ0n) is 9.28. The molecule has 0 spiro atoms. The molecule has 5 heteroatoms. The fourth-order valence-corrected chi connectivity index (χ4v) is 2.07. The molecule has 0 bridgehead atoms. The Labute approximate surface area is 113 Å². The van der Waals surface area contributed by atoms with E-state index < -0.39 is 16.6 Å². The average Bonchev–Trinajstić information content (AvgIpc) is 2.28. The molecule has 0 saturated heterocycles. The number of halogens is 2. The summed E-state index contributed by atoms with van der Waals surface area (Å²) in [7, 11) is 0. The zero-order chi connectivity index (χ0) is 12.8. The van der Waals surface area contributed by atoms with Gasteiger partial charge < -0.3 is 4.74 Å². The van der Waals surface area contributed by atoms with E-state index in [1.807, 2.05) is 6.07 Å². The summed E-state index contributed by atoms with van der Waals surface area (Å²) in [6, 6.07) is 7.15. The highest BCUT2D eigenvalue weighted by atomic mass is 79.9. The first-order valence-corrected chi connectivity index (χ1v) is 6.43. The van der Waals surface area contributed by atoms with Gasteiger partial charge in [-0.1, -0.05) is 39.7 Å². The lowest BCUT2D eigenvalue weighted by Gasteiger charge is -2.08. The molecule has 1 atom stereocenters. The molecule has 1 aromatic carbocycles. The quantitative estimate of drug-likeness (QED) is 0.476. The minimum absolute atomic E-state index is 0.196. The molecule has 0 aliphatic heterocycles. The SMILES string of the molecule is CCOC(=O)C(=O)C(Br)Cc1cccc(Cl)c1. The van der Waals surface area contributed by atoms with Crippen LogP contribution in [0.15, 0.2) is 24.3 Å². The summed E-state index contributed by atoms with van der Waals surface area (Å²) in [5.41, 5.74) is 0.886. The monoisotopic (exact) mass is 318 g/mol. The van der Waals surface area contributed by atoms with Crippen LogP contribution in [0.3, 0.4) is 0 Å². The highest BCUT2D eigenvalue weighted by molar-refractivity contribution is 9.10. The van der Waals surface area contributed by atoms with E-state index in [-0.39, 0.29) is 6.61 Å². The molecule has 0 aliphatic carbocycles. The first-order valence-electron chi connectivity index (χ1n) is 5.14. The predicted octanol–water partition coefficient (Wildman–Crippen LogP) is 2.78. The second kappa shape index (κ2) is 6.77. The van der Waals surface area contributed by atoms with Gasteiger partial charge in [-0.25, -0.2) is 4.79 Å². The standard InChI is InChI=1S/C12H12BrClO3/c1-2-17-12(16)11(15)10(13)7-8-4-3-5-9(14)6-8/h3-6,10H,2,7H2,1H3. The van der Waals surface area contributed by atoms with E-state index in [1.54, 1.807) is 25.1 Å². The lowest BCUT2D eigenvalue weighted by atomic mass is 10.1. The highest BCUT2D eigenvalue weighted by Crippen LogP contribution is 2.16. The smallest absolute Gasteiger partial charge is 0.375 e. The Morgan fingerprint density at radius 2 is 2.18 bits per heavy atom. The molecule has 1 unspecified atom stereocenters. The van der Waals surface area contributed by atoms with E-state index in [9.17, 15) is 9.59 Å². The van der Waals surface area contributed by atoms with Crippen molar-refractivity contribution in [3.05, 3.63) is 34.9 Å². The van der Waals surface area contributed by atoms with Gasteiger partial charge in [0.05, 0.1) is 11.4 Å². The maximum Gasteiger partial charge on any atom is 0.375 e. The summed E-state index contributed by atoms with van der Waals surface area (Å²) in [5.74, 6) is -1.39. The third-order valence-corrected chi connectivity index (χ3v) is 3.04. The third-order valence-electron chi connectivity index (χ3n) is 2.07. The summed E-state index contributed by atoms with van der Waals surface area (Å²) in [4.78, 5) is 22.2. The number of esters is 1. The van der Waals surface area contributed by atoms with E-state index in [0.717, 1.165) is 5.56 Å². The molecule has 17 heavy (non-hydrogen) atoms. The maximum absolute atomic E-state index is 11.6. The van der Waals surface area contributed by atoms with Crippen LogP contribution in [0.4, 0.5) is 0 Å². The van der Waals surface area contributed by atoms with E-state index >= 15 is 0 Å². The summed E-state index contributed by atoms with van der Waals surface area (Å²) in [5, 5.41) is 0.603. The van der Waals surface area contributed by atoms with Gasteiger partial charge in [-0.3, -0.25) is 4.79 Å². The number of hydrogen-bond acceptors (Lipinski definition) is 3. The van der Waals surface area contributed by atoms with Crippen molar-refractivity contribution in [1.82, 2.24) is 0 Å². The Kier molecular flexibility index (Phi) is 5.65. The largest absolute Gasteiger partial charge is 0.460 e. The van der Waals surface area contributed by atoms with Crippen LogP contribution in [0.2, 0.25) is 5.02 Å². The van der Waals surface area contributed by atoms with Crippen LogP contribution in [0.1, 0.15) is 12.5 Å². The van der Waals surface area contributed by atoms with Gasteiger partial charge in [-0.15, -0.1) is 0 Å². The number of rotatable bonds is 5. The fourth-order valence-electron chi connectivity index (χ4n) is 1.29. The van der Waals surface area contributed by atoms with E-state index in [2.05, 4.69) is 20.7 Å². The first-order chi connectivity index (χ1) is 8.04. The number of Topliss-reactive ketones (excluding diaryl/α,β-unsaturated/α-hetero) is 1. The molecule has 0 heterocycles. The van der Waals surface area contributed by atoms with E-state index in [0.29, 0.717) is 11.4 Å². The number of carbonyl (C=O) groups is 2. The molecule has 1 rings (SSSR count). The van der Waals surface area contributed by atoms with Crippen molar-refractivity contribution in [2.45, 2.75) is 18.2 Å². The molecular weight excluding hydrogens is 307 g/mol. The Morgan fingerprint density at radius 1 is 1.47 bits per heavy atom. The normalized spacial score (nSPS) is 11.9. The number of benzene rings is 1. The highest BCUT2D eigenvalue weighted by Gasteiger charge is 2.24. The molecule has 0 amide bonds. The number of alkyl halides is 1. The van der Waals surface area contributed by atoms with Gasteiger partial charge in [0.1, 0.15) is 0 Å². The lowest BCUT2D eigenvalue weighted by molar-refractivity contribution is -0.153. The fraction of sp³-hybridized carbons (Fsp3) is 0.333. The number of ether oxygens (including phenoxy) is 1. The lowest BCUT2D eigenvalue weighted by Crippen LogP contribution is -2.27. The van der Waals surface area contributed by atoms with Crippen molar-refractivity contribution in [2.75, 3.05) is 6.61 Å². The van der Waals surface area contributed by atoms with Crippen molar-refractivity contribution in [3.8, 4) is 0 Å². The number of hydrogen-bond donors (Lipinski definition) is 0. The van der Waals surface area contributed by atoms with Crippen molar-refractivity contribution >= 4 is 39.3 Å². The van der Waals surface area contributed by atoms with Gasteiger partial charge in [-0.05, 0) is 31.0 Å². The molecule has 3 nitrogen and oxygen atoms in total. The molecule has 0 aliphatic rings.